The molecule has 0 bridgehead atoms. The average molecular weight is 373 g/mol. The molecule has 1 amide bonds. The number of carbonyl (C=O) groups is 1. The third-order valence-electron chi connectivity index (χ3n) is 4.18. The molecule has 1 heterocycles. The first kappa shape index (κ1) is 14.3. The number of amides is 1. The van der Waals surface area contributed by atoms with Gasteiger partial charge in [0, 0.05) is 10.4 Å². The van der Waals surface area contributed by atoms with Crippen molar-refractivity contribution >= 4 is 38.6 Å². The molecule has 1 atom stereocenters. The Labute approximate surface area is 139 Å². The summed E-state index contributed by atoms with van der Waals surface area (Å²) in [5, 5.41) is 2.89. The SMILES string of the molecule is O=C(Nc1cccc2[nH]c(=O)oc12)C1Cc2ccc(Br)cc2C1. The molecule has 23 heavy (non-hydrogen) atoms. The number of oxazole rings is 1. The lowest BCUT2D eigenvalue weighted by Crippen LogP contribution is -2.23. The van der Waals surface area contributed by atoms with Gasteiger partial charge in [0.05, 0.1) is 11.2 Å². The van der Waals surface area contributed by atoms with E-state index in [2.05, 4.69) is 38.4 Å². The summed E-state index contributed by atoms with van der Waals surface area (Å²) in [6.45, 7) is 0. The van der Waals surface area contributed by atoms with E-state index in [0.717, 1.165) is 10.9 Å². The summed E-state index contributed by atoms with van der Waals surface area (Å²) in [5.74, 6) is -0.700. The second kappa shape index (κ2) is 5.38. The summed E-state index contributed by atoms with van der Waals surface area (Å²) in [5.41, 5.74) is 3.88. The zero-order chi connectivity index (χ0) is 16.0. The first-order valence-corrected chi connectivity index (χ1v) is 8.09. The number of aromatic amines is 1. The van der Waals surface area contributed by atoms with E-state index in [1.165, 1.54) is 11.1 Å². The van der Waals surface area contributed by atoms with Gasteiger partial charge in [0.25, 0.3) is 0 Å². The fourth-order valence-corrected chi connectivity index (χ4v) is 3.49. The van der Waals surface area contributed by atoms with Crippen molar-refractivity contribution in [2.75, 3.05) is 5.32 Å². The zero-order valence-corrected chi connectivity index (χ0v) is 13.6. The van der Waals surface area contributed by atoms with Crippen molar-refractivity contribution in [3.05, 3.63) is 62.5 Å². The maximum Gasteiger partial charge on any atom is 0.417 e. The molecule has 3 aromatic rings. The van der Waals surface area contributed by atoms with E-state index >= 15 is 0 Å². The van der Waals surface area contributed by atoms with Gasteiger partial charge < -0.3 is 9.73 Å². The van der Waals surface area contributed by atoms with Crippen molar-refractivity contribution in [1.82, 2.24) is 4.98 Å². The molecule has 5 nitrogen and oxygen atoms in total. The topological polar surface area (TPSA) is 75.1 Å². The van der Waals surface area contributed by atoms with Gasteiger partial charge in [-0.3, -0.25) is 9.78 Å². The minimum Gasteiger partial charge on any atom is -0.406 e. The van der Waals surface area contributed by atoms with Crippen molar-refractivity contribution in [3.63, 3.8) is 0 Å². The summed E-state index contributed by atoms with van der Waals surface area (Å²) in [6.07, 6.45) is 1.44. The predicted molar refractivity (Wildman–Crippen MR) is 90.5 cm³/mol. The van der Waals surface area contributed by atoms with E-state index in [9.17, 15) is 9.59 Å². The molecule has 1 aliphatic carbocycles. The summed E-state index contributed by atoms with van der Waals surface area (Å²) in [6, 6.07) is 11.3. The Hall–Kier alpha value is -2.34. The van der Waals surface area contributed by atoms with Crippen LogP contribution in [-0.2, 0) is 17.6 Å². The highest BCUT2D eigenvalue weighted by Crippen LogP contribution is 2.30. The van der Waals surface area contributed by atoms with E-state index < -0.39 is 5.76 Å². The molecule has 1 unspecified atom stereocenters. The summed E-state index contributed by atoms with van der Waals surface area (Å²) < 4.78 is 6.13. The van der Waals surface area contributed by atoms with Crippen molar-refractivity contribution in [3.8, 4) is 0 Å². The van der Waals surface area contributed by atoms with Crippen LogP contribution in [0, 0.1) is 5.92 Å². The highest BCUT2D eigenvalue weighted by molar-refractivity contribution is 9.10. The number of halogens is 1. The predicted octanol–water partition coefficient (Wildman–Crippen LogP) is 3.24. The van der Waals surface area contributed by atoms with Gasteiger partial charge in [0.2, 0.25) is 5.91 Å². The van der Waals surface area contributed by atoms with Gasteiger partial charge in [-0.15, -0.1) is 0 Å². The third kappa shape index (κ3) is 2.59. The highest BCUT2D eigenvalue weighted by Gasteiger charge is 2.28. The molecule has 0 saturated heterocycles. The van der Waals surface area contributed by atoms with E-state index in [-0.39, 0.29) is 11.8 Å². The number of benzene rings is 2. The molecular formula is C17H13BrN2O3. The minimum atomic E-state index is -0.528. The molecule has 0 aliphatic heterocycles. The van der Waals surface area contributed by atoms with Crippen LogP contribution >= 0.6 is 15.9 Å². The van der Waals surface area contributed by atoms with Crippen LogP contribution in [0.1, 0.15) is 11.1 Å². The molecule has 116 valence electrons. The second-order valence-corrected chi connectivity index (χ2v) is 6.62. The van der Waals surface area contributed by atoms with Crippen molar-refractivity contribution in [2.24, 2.45) is 5.92 Å². The third-order valence-corrected chi connectivity index (χ3v) is 4.67. The number of hydrogen-bond acceptors (Lipinski definition) is 3. The number of fused-ring (bicyclic) bond motifs is 2. The first-order chi connectivity index (χ1) is 11.1. The van der Waals surface area contributed by atoms with E-state index in [1.54, 1.807) is 18.2 Å². The molecule has 0 radical (unpaired) electrons. The maximum absolute atomic E-state index is 12.6. The molecule has 2 N–H and O–H groups in total. The quantitative estimate of drug-likeness (QED) is 0.724. The molecule has 2 aromatic carbocycles. The van der Waals surface area contributed by atoms with Gasteiger partial charge in [-0.05, 0) is 48.2 Å². The lowest BCUT2D eigenvalue weighted by molar-refractivity contribution is -0.119. The molecule has 0 saturated carbocycles. The Balaban J connectivity index is 1.58. The van der Waals surface area contributed by atoms with Crippen LogP contribution in [0.15, 0.2) is 50.1 Å². The van der Waals surface area contributed by atoms with Crippen LogP contribution in [0.5, 0.6) is 0 Å². The Morgan fingerprint density at radius 1 is 1.22 bits per heavy atom. The zero-order valence-electron chi connectivity index (χ0n) is 12.1. The lowest BCUT2D eigenvalue weighted by atomic mass is 10.1. The molecule has 6 heteroatoms. The average Bonchev–Trinajstić information content (AvgIpc) is 3.09. The van der Waals surface area contributed by atoms with Crippen LogP contribution < -0.4 is 11.1 Å². The van der Waals surface area contributed by atoms with Crippen molar-refractivity contribution < 1.29 is 9.21 Å². The van der Waals surface area contributed by atoms with Crippen LogP contribution in [0.3, 0.4) is 0 Å². The number of rotatable bonds is 2. The fourth-order valence-electron chi connectivity index (χ4n) is 3.08. The number of carbonyl (C=O) groups excluding carboxylic acids is 1. The Kier molecular flexibility index (Phi) is 3.34. The van der Waals surface area contributed by atoms with Gasteiger partial charge in [-0.25, -0.2) is 4.79 Å². The van der Waals surface area contributed by atoms with Crippen LogP contribution in [0.2, 0.25) is 0 Å². The number of nitrogens with one attached hydrogen (secondary N) is 2. The molecule has 1 aromatic heterocycles. The van der Waals surface area contributed by atoms with Gasteiger partial charge in [-0.1, -0.05) is 28.1 Å². The highest BCUT2D eigenvalue weighted by atomic mass is 79.9. The van der Waals surface area contributed by atoms with Crippen LogP contribution in [0.25, 0.3) is 11.1 Å². The number of hydrogen-bond donors (Lipinski definition) is 2. The molecule has 1 aliphatic rings. The summed E-state index contributed by atoms with van der Waals surface area (Å²) in [4.78, 5) is 26.5. The van der Waals surface area contributed by atoms with Crippen LogP contribution in [-0.4, -0.2) is 10.9 Å². The number of aromatic nitrogens is 1. The number of anilines is 1. The number of para-hydroxylation sites is 1. The van der Waals surface area contributed by atoms with Crippen molar-refractivity contribution in [2.45, 2.75) is 12.8 Å². The van der Waals surface area contributed by atoms with Gasteiger partial charge in [-0.2, -0.15) is 0 Å². The smallest absolute Gasteiger partial charge is 0.406 e. The molecule has 0 fully saturated rings. The second-order valence-electron chi connectivity index (χ2n) is 5.70. The summed E-state index contributed by atoms with van der Waals surface area (Å²) in [7, 11) is 0. The van der Waals surface area contributed by atoms with E-state index in [1.807, 2.05) is 6.07 Å². The van der Waals surface area contributed by atoms with Crippen molar-refractivity contribution in [1.29, 1.82) is 0 Å². The Bertz CT molecular complexity index is 973. The minimum absolute atomic E-state index is 0.0614. The van der Waals surface area contributed by atoms with E-state index in [4.69, 9.17) is 4.42 Å². The summed E-state index contributed by atoms with van der Waals surface area (Å²) >= 11 is 3.46. The standard InChI is InChI=1S/C17H13BrN2O3/c18-12-5-4-9-6-11(7-10(9)8-12)16(21)19-13-2-1-3-14-15(13)23-17(22)20-14/h1-5,8,11H,6-7H2,(H,19,21)(H,20,22). The van der Waals surface area contributed by atoms with Crippen LogP contribution in [0.4, 0.5) is 5.69 Å². The Morgan fingerprint density at radius 2 is 2.04 bits per heavy atom. The molecule has 4 rings (SSSR count). The number of H-pyrrole nitrogens is 1. The lowest BCUT2D eigenvalue weighted by Gasteiger charge is -2.10. The molecule has 0 spiro atoms. The molecular weight excluding hydrogens is 360 g/mol. The normalized spacial score (nSPS) is 16.5. The maximum atomic E-state index is 12.6. The largest absolute Gasteiger partial charge is 0.417 e. The first-order valence-electron chi connectivity index (χ1n) is 7.30. The monoisotopic (exact) mass is 372 g/mol. The van der Waals surface area contributed by atoms with E-state index in [0.29, 0.717) is 23.2 Å². The van der Waals surface area contributed by atoms with Gasteiger partial charge in [0.1, 0.15) is 0 Å². The van der Waals surface area contributed by atoms with Gasteiger partial charge >= 0.3 is 5.76 Å². The van der Waals surface area contributed by atoms with Gasteiger partial charge in [0.15, 0.2) is 5.58 Å². The fraction of sp³-hybridized carbons (Fsp3) is 0.176. The Morgan fingerprint density at radius 3 is 2.91 bits per heavy atom.